The summed E-state index contributed by atoms with van der Waals surface area (Å²) in [6.45, 7) is 9.86. The van der Waals surface area contributed by atoms with E-state index < -0.39 is 0 Å². The molecule has 1 aliphatic rings. The van der Waals surface area contributed by atoms with Crippen molar-refractivity contribution in [3.05, 3.63) is 35.2 Å². The Morgan fingerprint density at radius 3 is 2.64 bits per heavy atom. The van der Waals surface area contributed by atoms with Gasteiger partial charge in [0.2, 0.25) is 17.7 Å². The summed E-state index contributed by atoms with van der Waals surface area (Å²) in [5.74, 6) is 2.19. The summed E-state index contributed by atoms with van der Waals surface area (Å²) in [6.07, 6.45) is 2.14. The molecule has 0 bridgehead atoms. The molecule has 2 unspecified atom stereocenters. The van der Waals surface area contributed by atoms with E-state index in [9.17, 15) is 4.79 Å². The Bertz CT molecular complexity index is 784. The number of piperidine rings is 1. The number of amides is 1. The molecule has 1 amide bonds. The van der Waals surface area contributed by atoms with Crippen LogP contribution in [-0.2, 0) is 11.3 Å². The molecule has 2 atom stereocenters. The van der Waals surface area contributed by atoms with Crippen molar-refractivity contribution in [1.82, 2.24) is 20.0 Å². The van der Waals surface area contributed by atoms with Crippen LogP contribution in [0, 0.1) is 11.8 Å². The minimum Gasteiger partial charge on any atom is -0.419 e. The largest absolute Gasteiger partial charge is 0.419 e. The molecule has 1 aliphatic heterocycles. The lowest BCUT2D eigenvalue weighted by Gasteiger charge is -2.36. The molecule has 1 fully saturated rings. The van der Waals surface area contributed by atoms with Crippen LogP contribution in [0.15, 0.2) is 28.7 Å². The average Bonchev–Trinajstić information content (AvgIpc) is 3.09. The van der Waals surface area contributed by atoms with Crippen molar-refractivity contribution in [2.75, 3.05) is 26.2 Å². The predicted octanol–water partition coefficient (Wildman–Crippen LogP) is 4.11. The van der Waals surface area contributed by atoms with Gasteiger partial charge in [0.25, 0.3) is 0 Å². The van der Waals surface area contributed by atoms with Gasteiger partial charge in [0.1, 0.15) is 0 Å². The fraction of sp³-hybridized carbons (Fsp3) is 0.571. The summed E-state index contributed by atoms with van der Waals surface area (Å²) in [4.78, 5) is 16.9. The van der Waals surface area contributed by atoms with E-state index in [-0.39, 0.29) is 5.91 Å². The van der Waals surface area contributed by atoms with Crippen molar-refractivity contribution in [3.8, 4) is 11.5 Å². The molecule has 6 nitrogen and oxygen atoms in total. The lowest BCUT2D eigenvalue weighted by atomic mass is 9.92. The van der Waals surface area contributed by atoms with Crippen molar-refractivity contribution >= 4 is 17.5 Å². The highest BCUT2D eigenvalue weighted by Crippen LogP contribution is 2.26. The van der Waals surface area contributed by atoms with E-state index in [1.807, 2.05) is 23.1 Å². The molecule has 1 aromatic heterocycles. The molecule has 3 rings (SSSR count). The molecule has 152 valence electrons. The summed E-state index contributed by atoms with van der Waals surface area (Å²) in [6, 6.07) is 7.39. The quantitative estimate of drug-likeness (QED) is 0.695. The fourth-order valence-electron chi connectivity index (χ4n) is 3.94. The van der Waals surface area contributed by atoms with Gasteiger partial charge >= 0.3 is 0 Å². The zero-order valence-corrected chi connectivity index (χ0v) is 17.7. The number of hydrogen-bond acceptors (Lipinski definition) is 5. The predicted molar refractivity (Wildman–Crippen MR) is 110 cm³/mol. The number of rotatable bonds is 7. The van der Waals surface area contributed by atoms with E-state index in [0.717, 1.165) is 31.6 Å². The van der Waals surface area contributed by atoms with Gasteiger partial charge in [0, 0.05) is 13.1 Å². The highest BCUT2D eigenvalue weighted by Gasteiger charge is 2.26. The number of benzene rings is 1. The maximum absolute atomic E-state index is 12.8. The molecule has 0 radical (unpaired) electrons. The van der Waals surface area contributed by atoms with Gasteiger partial charge in [-0.15, -0.1) is 10.2 Å². The molecular formula is C21H29ClN4O2. The molecule has 28 heavy (non-hydrogen) atoms. The first-order valence-corrected chi connectivity index (χ1v) is 10.4. The zero-order chi connectivity index (χ0) is 20.1. The molecule has 0 aliphatic carbocycles. The van der Waals surface area contributed by atoms with Crippen LogP contribution in [0.1, 0.15) is 39.5 Å². The summed E-state index contributed by atoms with van der Waals surface area (Å²) < 4.78 is 5.82. The third-order valence-electron chi connectivity index (χ3n) is 5.05. The topological polar surface area (TPSA) is 62.5 Å². The van der Waals surface area contributed by atoms with Gasteiger partial charge < -0.3 is 9.32 Å². The number of likely N-dealkylation sites (tertiary alicyclic amines) is 1. The minimum absolute atomic E-state index is 0.178. The van der Waals surface area contributed by atoms with E-state index in [0.29, 0.717) is 41.7 Å². The number of aromatic nitrogens is 2. The molecule has 7 heteroatoms. The summed E-state index contributed by atoms with van der Waals surface area (Å²) in [7, 11) is 0. The lowest BCUT2D eigenvalue weighted by Crippen LogP contribution is -2.47. The van der Waals surface area contributed by atoms with Crippen LogP contribution in [-0.4, -0.2) is 52.1 Å². The SMILES string of the molecule is CCCN(CC(=O)N1CC(C)CC(C)C1)Cc1nnc(-c2ccccc2Cl)o1. The van der Waals surface area contributed by atoms with Gasteiger partial charge in [-0.2, -0.15) is 0 Å². The third kappa shape index (κ3) is 5.32. The number of halogens is 1. The zero-order valence-electron chi connectivity index (χ0n) is 16.9. The minimum atomic E-state index is 0.178. The van der Waals surface area contributed by atoms with E-state index in [4.69, 9.17) is 16.0 Å². The van der Waals surface area contributed by atoms with Crippen molar-refractivity contribution in [2.24, 2.45) is 11.8 Å². The molecular weight excluding hydrogens is 376 g/mol. The molecule has 2 heterocycles. The van der Waals surface area contributed by atoms with Crippen molar-refractivity contribution in [2.45, 2.75) is 40.2 Å². The van der Waals surface area contributed by atoms with Crippen molar-refractivity contribution in [1.29, 1.82) is 0 Å². The Labute approximate surface area is 171 Å². The number of carbonyl (C=O) groups excluding carboxylic acids is 1. The summed E-state index contributed by atoms with van der Waals surface area (Å²) in [5.41, 5.74) is 0.720. The van der Waals surface area contributed by atoms with Gasteiger partial charge in [0.05, 0.1) is 23.7 Å². The van der Waals surface area contributed by atoms with E-state index in [1.165, 1.54) is 6.42 Å². The van der Waals surface area contributed by atoms with Gasteiger partial charge in [-0.1, -0.05) is 44.5 Å². The molecule has 0 saturated carbocycles. The van der Waals surface area contributed by atoms with Crippen molar-refractivity contribution in [3.63, 3.8) is 0 Å². The van der Waals surface area contributed by atoms with E-state index in [1.54, 1.807) is 6.07 Å². The van der Waals surface area contributed by atoms with E-state index >= 15 is 0 Å². The smallest absolute Gasteiger partial charge is 0.249 e. The first kappa shape index (κ1) is 20.8. The normalized spacial score (nSPS) is 20.0. The standard InChI is InChI=1S/C21H29ClN4O2/c1-4-9-25(14-20(27)26-11-15(2)10-16(3)12-26)13-19-23-24-21(28-19)17-7-5-6-8-18(17)22/h5-8,15-16H,4,9-14H2,1-3H3. The van der Waals surface area contributed by atoms with Crippen LogP contribution in [0.5, 0.6) is 0 Å². The molecule has 0 N–H and O–H groups in total. The Kier molecular flexibility index (Phi) is 7.08. The Morgan fingerprint density at radius 2 is 1.96 bits per heavy atom. The number of nitrogens with zero attached hydrogens (tertiary/aromatic N) is 4. The molecule has 1 aromatic carbocycles. The molecule has 2 aromatic rings. The second-order valence-electron chi connectivity index (χ2n) is 7.94. The van der Waals surface area contributed by atoms with Crippen LogP contribution >= 0.6 is 11.6 Å². The van der Waals surface area contributed by atoms with E-state index in [2.05, 4.69) is 35.9 Å². The fourth-order valence-corrected chi connectivity index (χ4v) is 4.16. The van der Waals surface area contributed by atoms with Crippen LogP contribution in [0.25, 0.3) is 11.5 Å². The highest BCUT2D eigenvalue weighted by molar-refractivity contribution is 6.33. The summed E-state index contributed by atoms with van der Waals surface area (Å²) in [5, 5.41) is 8.86. The second kappa shape index (κ2) is 9.52. The number of carbonyl (C=O) groups is 1. The second-order valence-corrected chi connectivity index (χ2v) is 8.34. The Morgan fingerprint density at radius 1 is 1.25 bits per heavy atom. The van der Waals surface area contributed by atoms with Gasteiger partial charge in [-0.3, -0.25) is 9.69 Å². The van der Waals surface area contributed by atoms with Crippen molar-refractivity contribution < 1.29 is 9.21 Å². The Hall–Kier alpha value is -1.92. The lowest BCUT2D eigenvalue weighted by molar-refractivity contribution is -0.135. The van der Waals surface area contributed by atoms with Gasteiger partial charge in [-0.25, -0.2) is 0 Å². The first-order chi connectivity index (χ1) is 13.5. The maximum Gasteiger partial charge on any atom is 0.249 e. The van der Waals surface area contributed by atoms with Crippen LogP contribution < -0.4 is 0 Å². The Balaban J connectivity index is 1.65. The molecule has 1 saturated heterocycles. The highest BCUT2D eigenvalue weighted by atomic mass is 35.5. The monoisotopic (exact) mass is 404 g/mol. The maximum atomic E-state index is 12.8. The third-order valence-corrected chi connectivity index (χ3v) is 5.38. The van der Waals surface area contributed by atoms with Crippen LogP contribution in [0.4, 0.5) is 0 Å². The molecule has 0 spiro atoms. The van der Waals surface area contributed by atoms with Crippen LogP contribution in [0.2, 0.25) is 5.02 Å². The average molecular weight is 405 g/mol. The van der Waals surface area contributed by atoms with Gasteiger partial charge in [-0.05, 0) is 43.4 Å². The van der Waals surface area contributed by atoms with Gasteiger partial charge in [0.15, 0.2) is 0 Å². The van der Waals surface area contributed by atoms with Crippen LogP contribution in [0.3, 0.4) is 0 Å². The number of hydrogen-bond donors (Lipinski definition) is 0. The first-order valence-electron chi connectivity index (χ1n) is 10.0. The summed E-state index contributed by atoms with van der Waals surface area (Å²) >= 11 is 6.21.